The highest BCUT2D eigenvalue weighted by Crippen LogP contribution is 2.37. The summed E-state index contributed by atoms with van der Waals surface area (Å²) in [5, 5.41) is 3.57. The lowest BCUT2D eigenvalue weighted by molar-refractivity contribution is 0.600. The fourth-order valence-electron chi connectivity index (χ4n) is 2.41. The summed E-state index contributed by atoms with van der Waals surface area (Å²) in [5.74, 6) is 0. The normalized spacial score (nSPS) is 12.6. The van der Waals surface area contributed by atoms with Crippen LogP contribution in [0.2, 0.25) is 8.67 Å². The number of hydrogen-bond acceptors (Lipinski definition) is 2. The van der Waals surface area contributed by atoms with E-state index < -0.39 is 0 Å². The first kappa shape index (κ1) is 16.8. The van der Waals surface area contributed by atoms with Crippen LogP contribution in [-0.4, -0.2) is 6.54 Å². The van der Waals surface area contributed by atoms with Crippen LogP contribution in [0.4, 0.5) is 0 Å². The Morgan fingerprint density at radius 3 is 2.33 bits per heavy atom. The first-order valence-corrected chi connectivity index (χ1v) is 8.99. The summed E-state index contributed by atoms with van der Waals surface area (Å²) in [4.78, 5) is 0. The number of halogens is 2. The third kappa shape index (κ3) is 4.46. The minimum Gasteiger partial charge on any atom is -0.306 e. The molecule has 1 heterocycles. The molecule has 1 unspecified atom stereocenters. The topological polar surface area (TPSA) is 12.0 Å². The molecule has 0 radical (unpaired) electrons. The summed E-state index contributed by atoms with van der Waals surface area (Å²) in [7, 11) is 0. The maximum Gasteiger partial charge on any atom is 0.0995 e. The second-order valence-corrected chi connectivity index (χ2v) is 7.44. The molecule has 1 aromatic carbocycles. The second kappa shape index (κ2) is 8.19. The number of thiophene rings is 1. The molecule has 0 aliphatic heterocycles. The van der Waals surface area contributed by atoms with Crippen molar-refractivity contribution in [3.8, 4) is 0 Å². The van der Waals surface area contributed by atoms with Gasteiger partial charge in [-0.1, -0.05) is 67.7 Å². The minimum atomic E-state index is 0.108. The highest BCUT2D eigenvalue weighted by molar-refractivity contribution is 7.20. The first-order valence-electron chi connectivity index (χ1n) is 7.42. The molecule has 1 nitrogen and oxygen atoms in total. The van der Waals surface area contributed by atoms with E-state index in [9.17, 15) is 0 Å². The maximum absolute atomic E-state index is 6.34. The van der Waals surface area contributed by atoms with E-state index in [-0.39, 0.29) is 6.04 Å². The number of rotatable bonds is 7. The molecule has 21 heavy (non-hydrogen) atoms. The molecule has 1 aromatic heterocycles. The van der Waals surface area contributed by atoms with Crippen LogP contribution in [0, 0.1) is 0 Å². The van der Waals surface area contributed by atoms with Gasteiger partial charge in [0.25, 0.3) is 0 Å². The van der Waals surface area contributed by atoms with Gasteiger partial charge in [0, 0.05) is 5.56 Å². The fourth-order valence-corrected chi connectivity index (χ4v) is 3.94. The van der Waals surface area contributed by atoms with Gasteiger partial charge in [0.1, 0.15) is 0 Å². The Morgan fingerprint density at radius 1 is 1.10 bits per heavy atom. The molecule has 114 valence electrons. The van der Waals surface area contributed by atoms with Crippen molar-refractivity contribution in [1.82, 2.24) is 5.32 Å². The number of aryl methyl sites for hydroxylation is 1. The molecule has 2 aromatic rings. The summed E-state index contributed by atoms with van der Waals surface area (Å²) in [6, 6.07) is 10.9. The summed E-state index contributed by atoms with van der Waals surface area (Å²) < 4.78 is 1.51. The summed E-state index contributed by atoms with van der Waals surface area (Å²) >= 11 is 13.9. The lowest BCUT2D eigenvalue weighted by Gasteiger charge is -2.19. The van der Waals surface area contributed by atoms with E-state index in [0.29, 0.717) is 0 Å². The third-order valence-electron chi connectivity index (χ3n) is 3.44. The van der Waals surface area contributed by atoms with E-state index in [1.807, 2.05) is 6.07 Å². The lowest BCUT2D eigenvalue weighted by Crippen LogP contribution is -2.23. The van der Waals surface area contributed by atoms with Gasteiger partial charge >= 0.3 is 0 Å². The predicted molar refractivity (Wildman–Crippen MR) is 94.9 cm³/mol. The number of hydrogen-bond donors (Lipinski definition) is 1. The Bertz CT molecular complexity index is 563. The number of benzene rings is 1. The highest BCUT2D eigenvalue weighted by Gasteiger charge is 2.19. The Kier molecular flexibility index (Phi) is 6.56. The van der Waals surface area contributed by atoms with E-state index >= 15 is 0 Å². The average Bonchev–Trinajstić information content (AvgIpc) is 2.80. The highest BCUT2D eigenvalue weighted by atomic mass is 35.5. The quantitative estimate of drug-likeness (QED) is 0.641. The van der Waals surface area contributed by atoms with Crippen LogP contribution in [0.5, 0.6) is 0 Å². The Morgan fingerprint density at radius 2 is 1.81 bits per heavy atom. The molecule has 0 aliphatic rings. The molecule has 0 amide bonds. The van der Waals surface area contributed by atoms with E-state index in [0.717, 1.165) is 33.6 Å². The van der Waals surface area contributed by atoms with Crippen LogP contribution in [0.15, 0.2) is 30.3 Å². The van der Waals surface area contributed by atoms with Crippen molar-refractivity contribution in [1.29, 1.82) is 0 Å². The molecule has 0 bridgehead atoms. The van der Waals surface area contributed by atoms with Gasteiger partial charge in [-0.3, -0.25) is 0 Å². The van der Waals surface area contributed by atoms with Crippen molar-refractivity contribution in [3.63, 3.8) is 0 Å². The minimum absolute atomic E-state index is 0.108. The largest absolute Gasteiger partial charge is 0.306 e. The van der Waals surface area contributed by atoms with Crippen LogP contribution in [0.25, 0.3) is 0 Å². The summed E-state index contributed by atoms with van der Waals surface area (Å²) in [5.41, 5.74) is 3.69. The van der Waals surface area contributed by atoms with Gasteiger partial charge in [0.2, 0.25) is 0 Å². The predicted octanol–water partition coefficient (Wildman–Crippen LogP) is 6.10. The van der Waals surface area contributed by atoms with Gasteiger partial charge in [0.05, 0.1) is 14.7 Å². The molecule has 2 rings (SSSR count). The van der Waals surface area contributed by atoms with Crippen molar-refractivity contribution in [2.24, 2.45) is 0 Å². The standard InChI is InChI=1S/C17H21Cl2NS/c1-3-5-12-6-8-13(9-7-12)16(20-10-4-2)14-11-15(18)21-17(14)19/h6-9,11,16,20H,3-5,10H2,1-2H3. The molecule has 0 saturated heterocycles. The monoisotopic (exact) mass is 341 g/mol. The van der Waals surface area contributed by atoms with E-state index in [2.05, 4.69) is 43.4 Å². The molecule has 1 N–H and O–H groups in total. The van der Waals surface area contributed by atoms with Crippen molar-refractivity contribution in [3.05, 3.63) is 55.7 Å². The van der Waals surface area contributed by atoms with Crippen molar-refractivity contribution < 1.29 is 0 Å². The van der Waals surface area contributed by atoms with Crippen LogP contribution in [-0.2, 0) is 6.42 Å². The van der Waals surface area contributed by atoms with Crippen molar-refractivity contribution >= 4 is 34.5 Å². The third-order valence-corrected chi connectivity index (χ3v) is 4.96. The molecule has 0 fully saturated rings. The van der Waals surface area contributed by atoms with Crippen molar-refractivity contribution in [2.75, 3.05) is 6.54 Å². The Labute approximate surface area is 141 Å². The molecule has 1 atom stereocenters. The molecule has 4 heteroatoms. The van der Waals surface area contributed by atoms with E-state index in [1.165, 1.54) is 28.9 Å². The van der Waals surface area contributed by atoms with E-state index in [1.54, 1.807) is 0 Å². The zero-order chi connectivity index (χ0) is 15.2. The maximum atomic E-state index is 6.34. The molecule has 0 saturated carbocycles. The lowest BCUT2D eigenvalue weighted by atomic mass is 9.98. The van der Waals surface area contributed by atoms with Crippen LogP contribution < -0.4 is 5.32 Å². The van der Waals surface area contributed by atoms with E-state index in [4.69, 9.17) is 23.2 Å². The molecular weight excluding hydrogens is 321 g/mol. The first-order chi connectivity index (χ1) is 10.2. The number of nitrogens with one attached hydrogen (secondary N) is 1. The van der Waals surface area contributed by atoms with Gasteiger partial charge in [-0.05, 0) is 36.6 Å². The zero-order valence-electron chi connectivity index (χ0n) is 12.5. The molecular formula is C17H21Cl2NS. The van der Waals surface area contributed by atoms with Gasteiger partial charge in [-0.25, -0.2) is 0 Å². The summed E-state index contributed by atoms with van der Waals surface area (Å²) in [6.45, 7) is 5.31. The SMILES string of the molecule is CCCNC(c1ccc(CCC)cc1)c1cc(Cl)sc1Cl. The van der Waals surface area contributed by atoms with Crippen LogP contribution in [0.3, 0.4) is 0 Å². The fraction of sp³-hybridized carbons (Fsp3) is 0.412. The van der Waals surface area contributed by atoms with Gasteiger partial charge in [-0.2, -0.15) is 0 Å². The van der Waals surface area contributed by atoms with Crippen LogP contribution in [0.1, 0.15) is 49.4 Å². The van der Waals surface area contributed by atoms with Gasteiger partial charge in [0.15, 0.2) is 0 Å². The van der Waals surface area contributed by atoms with Crippen molar-refractivity contribution in [2.45, 2.75) is 39.2 Å². The smallest absolute Gasteiger partial charge is 0.0995 e. The molecule has 0 aliphatic carbocycles. The van der Waals surface area contributed by atoms with Gasteiger partial charge in [-0.15, -0.1) is 11.3 Å². The summed E-state index contributed by atoms with van der Waals surface area (Å²) in [6.07, 6.45) is 3.38. The second-order valence-electron chi connectivity index (χ2n) is 5.16. The zero-order valence-corrected chi connectivity index (χ0v) is 14.8. The molecule has 0 spiro atoms. The Balaban J connectivity index is 2.28. The average molecular weight is 342 g/mol. The van der Waals surface area contributed by atoms with Gasteiger partial charge < -0.3 is 5.32 Å². The van der Waals surface area contributed by atoms with Crippen LogP contribution >= 0.6 is 34.5 Å². The Hall–Kier alpha value is -0.540.